The second-order valence-corrected chi connectivity index (χ2v) is 8.96. The molecule has 3 fully saturated rings. The van der Waals surface area contributed by atoms with Crippen molar-refractivity contribution in [2.75, 3.05) is 13.2 Å². The zero-order valence-electron chi connectivity index (χ0n) is 19.8. The Bertz CT molecular complexity index is 811. The first-order chi connectivity index (χ1) is 17.8. The Morgan fingerprint density at radius 3 is 1.76 bits per heavy atom. The molecule has 0 aliphatic carbocycles. The zero-order valence-corrected chi connectivity index (χ0v) is 19.8. The number of carbonyl (C=O) groups excluding carboxylic acids is 1. The summed E-state index contributed by atoms with van der Waals surface area (Å²) in [4.78, 5) is 23.7. The molecule has 18 heteroatoms. The normalized spacial score (nSPS) is 47.9. The Balaban J connectivity index is 1.92. The van der Waals surface area contributed by atoms with Crippen LogP contribution in [-0.4, -0.2) is 168 Å². The van der Waals surface area contributed by atoms with E-state index in [0.717, 1.165) is 6.92 Å². The molecular weight excluding hydrogens is 528 g/mol. The van der Waals surface area contributed by atoms with Crippen LogP contribution in [0.5, 0.6) is 0 Å². The molecule has 18 nitrogen and oxygen atoms in total. The fourth-order valence-electron chi connectivity index (χ4n) is 4.33. The van der Waals surface area contributed by atoms with Crippen molar-refractivity contribution < 1.29 is 89.1 Å². The lowest BCUT2D eigenvalue weighted by Crippen LogP contribution is -2.67. The topological polar surface area (TPSA) is 292 Å². The Morgan fingerprint density at radius 2 is 1.21 bits per heavy atom. The molecule has 10 N–H and O–H groups in total. The zero-order chi connectivity index (χ0) is 28.5. The summed E-state index contributed by atoms with van der Waals surface area (Å²) in [5, 5.41) is 100. The fourth-order valence-corrected chi connectivity index (χ4v) is 4.33. The van der Waals surface area contributed by atoms with Crippen LogP contribution in [0, 0.1) is 0 Å². The Kier molecular flexibility index (Phi) is 10.3. The Labute approximate surface area is 214 Å². The van der Waals surface area contributed by atoms with E-state index in [-0.39, 0.29) is 0 Å². The van der Waals surface area contributed by atoms with Crippen molar-refractivity contribution in [3.8, 4) is 0 Å². The van der Waals surface area contributed by atoms with Crippen LogP contribution in [0.3, 0.4) is 0 Å². The van der Waals surface area contributed by atoms with Gasteiger partial charge in [-0.15, -0.1) is 0 Å². The number of carboxylic acid groups (broad SMARTS) is 1. The van der Waals surface area contributed by atoms with E-state index in [0.29, 0.717) is 0 Å². The molecule has 3 heterocycles. The number of aliphatic hydroxyl groups excluding tert-OH is 9. The van der Waals surface area contributed by atoms with Gasteiger partial charge in [-0.25, -0.2) is 4.79 Å². The molecule has 38 heavy (non-hydrogen) atoms. The van der Waals surface area contributed by atoms with Crippen LogP contribution in [0.1, 0.15) is 6.92 Å². The van der Waals surface area contributed by atoms with Gasteiger partial charge in [0.2, 0.25) is 0 Å². The molecule has 0 aromatic rings. The first-order valence-corrected chi connectivity index (χ1v) is 11.5. The molecule has 3 aliphatic rings. The van der Waals surface area contributed by atoms with Gasteiger partial charge < -0.3 is 79.5 Å². The van der Waals surface area contributed by atoms with Gasteiger partial charge >= 0.3 is 11.9 Å². The number of hydrogen-bond donors (Lipinski definition) is 10. The smallest absolute Gasteiger partial charge is 0.336 e. The van der Waals surface area contributed by atoms with Crippen LogP contribution in [0.2, 0.25) is 0 Å². The van der Waals surface area contributed by atoms with Gasteiger partial charge in [0.05, 0.1) is 13.2 Å². The summed E-state index contributed by atoms with van der Waals surface area (Å²) in [5.41, 5.74) is 0. The van der Waals surface area contributed by atoms with Crippen molar-refractivity contribution in [2.24, 2.45) is 0 Å². The summed E-state index contributed by atoms with van der Waals surface area (Å²) in [6.45, 7) is -0.760. The molecule has 0 spiro atoms. The summed E-state index contributed by atoms with van der Waals surface area (Å²) in [7, 11) is 0. The number of ether oxygens (including phenoxy) is 6. The van der Waals surface area contributed by atoms with Crippen molar-refractivity contribution in [3.63, 3.8) is 0 Å². The molecule has 0 aromatic carbocycles. The average Bonchev–Trinajstić information content (AvgIpc) is 2.86. The molecule has 0 radical (unpaired) electrons. The van der Waals surface area contributed by atoms with Crippen molar-refractivity contribution in [3.05, 3.63) is 0 Å². The monoisotopic (exact) mass is 560 g/mol. The lowest BCUT2D eigenvalue weighted by Gasteiger charge is -2.47. The van der Waals surface area contributed by atoms with Crippen LogP contribution in [-0.2, 0) is 38.0 Å². The summed E-state index contributed by atoms with van der Waals surface area (Å²) in [6.07, 6.45) is -28.3. The second-order valence-electron chi connectivity index (χ2n) is 8.96. The molecule has 0 bridgehead atoms. The molecule has 0 amide bonds. The largest absolute Gasteiger partial charge is 0.479 e. The van der Waals surface area contributed by atoms with Crippen LogP contribution < -0.4 is 0 Å². The molecule has 0 saturated carbocycles. The van der Waals surface area contributed by atoms with E-state index < -0.39 is 117 Å². The predicted molar refractivity (Wildman–Crippen MR) is 111 cm³/mol. The van der Waals surface area contributed by atoms with Crippen LogP contribution in [0.15, 0.2) is 0 Å². The van der Waals surface area contributed by atoms with E-state index in [1.165, 1.54) is 0 Å². The molecule has 3 rings (SSSR count). The highest BCUT2D eigenvalue weighted by atomic mass is 16.8. The van der Waals surface area contributed by atoms with E-state index in [1.54, 1.807) is 0 Å². The minimum Gasteiger partial charge on any atom is -0.479 e. The number of aliphatic hydroxyl groups is 9. The maximum Gasteiger partial charge on any atom is 0.336 e. The molecule has 220 valence electrons. The summed E-state index contributed by atoms with van der Waals surface area (Å²) in [6, 6.07) is 0. The van der Waals surface area contributed by atoms with Crippen LogP contribution >= 0.6 is 0 Å². The third-order valence-electron chi connectivity index (χ3n) is 6.34. The number of hydrogen-bond acceptors (Lipinski definition) is 17. The summed E-state index contributed by atoms with van der Waals surface area (Å²) in [5.74, 6) is -2.79. The minimum absolute atomic E-state index is 0.825. The van der Waals surface area contributed by atoms with Crippen LogP contribution in [0.25, 0.3) is 0 Å². The molecular formula is C20H32O18. The lowest BCUT2D eigenvalue weighted by molar-refractivity contribution is -0.375. The third-order valence-corrected chi connectivity index (χ3v) is 6.34. The van der Waals surface area contributed by atoms with Gasteiger partial charge in [-0.3, -0.25) is 4.79 Å². The van der Waals surface area contributed by atoms with E-state index in [2.05, 4.69) is 0 Å². The number of carboxylic acids is 1. The van der Waals surface area contributed by atoms with Gasteiger partial charge in [-0.1, -0.05) is 0 Å². The van der Waals surface area contributed by atoms with Gasteiger partial charge in [0, 0.05) is 6.92 Å². The maximum atomic E-state index is 12.0. The van der Waals surface area contributed by atoms with E-state index in [4.69, 9.17) is 28.4 Å². The fraction of sp³-hybridized carbons (Fsp3) is 0.900. The third kappa shape index (κ3) is 6.24. The number of esters is 1. The summed E-state index contributed by atoms with van der Waals surface area (Å²) >= 11 is 0. The Hall–Kier alpha value is -1.62. The lowest BCUT2D eigenvalue weighted by atomic mass is 9.95. The highest BCUT2D eigenvalue weighted by Gasteiger charge is 2.56. The highest BCUT2D eigenvalue weighted by molar-refractivity contribution is 5.74. The quantitative estimate of drug-likeness (QED) is 0.123. The van der Waals surface area contributed by atoms with E-state index >= 15 is 0 Å². The van der Waals surface area contributed by atoms with Crippen molar-refractivity contribution >= 4 is 11.9 Å². The van der Waals surface area contributed by atoms with Crippen molar-refractivity contribution in [2.45, 2.75) is 99.0 Å². The first-order valence-electron chi connectivity index (χ1n) is 11.5. The highest BCUT2D eigenvalue weighted by Crippen LogP contribution is 2.33. The van der Waals surface area contributed by atoms with Gasteiger partial charge in [-0.2, -0.15) is 0 Å². The number of rotatable bonds is 8. The predicted octanol–water partition coefficient (Wildman–Crippen LogP) is -6.91. The molecule has 3 saturated heterocycles. The Morgan fingerprint density at radius 1 is 0.658 bits per heavy atom. The first kappa shape index (κ1) is 30.9. The van der Waals surface area contributed by atoms with Gasteiger partial charge in [0.25, 0.3) is 0 Å². The van der Waals surface area contributed by atoms with Gasteiger partial charge in [-0.05, 0) is 0 Å². The summed E-state index contributed by atoms with van der Waals surface area (Å²) < 4.78 is 31.2. The maximum absolute atomic E-state index is 12.0. The molecule has 15 atom stereocenters. The molecule has 3 aliphatic heterocycles. The molecule has 0 unspecified atom stereocenters. The molecule has 0 aromatic heterocycles. The van der Waals surface area contributed by atoms with E-state index in [1.807, 2.05) is 0 Å². The standard InChI is InChI=1S/C20H32O18/c1-4(23)33-15-14(37-19-10(27)9(26)7(24)5(2-21)35-19)12(29)20(38-16(15)17(30)31)36-13-8(25)6(3-22)34-18(32)11(13)28/h5-16,18-22,24-29,32H,2-3H2,1H3,(H,30,31)/t5-,6+,7-,8+,9+,10-,11+,12+,13-,14+,15-,16-,18+,19+,20+/m0/s1. The van der Waals surface area contributed by atoms with E-state index in [9.17, 15) is 60.7 Å². The van der Waals surface area contributed by atoms with Gasteiger partial charge in [0.1, 0.15) is 61.0 Å². The second kappa shape index (κ2) is 12.7. The average molecular weight is 560 g/mol. The SMILES string of the molecule is CC(=O)O[C@H]1[C@H](O[C@H]2O[C@@H](CO)[C@H](O)[C@@H](O)[C@@H]2O)[C@@H](O)[C@H](O[C@@H]2[C@@H](O)[C@H](O)O[C@H](CO)[C@H]2O)O[C@@H]1C(=O)O. The minimum atomic E-state index is -2.12. The van der Waals surface area contributed by atoms with Crippen LogP contribution in [0.4, 0.5) is 0 Å². The van der Waals surface area contributed by atoms with Crippen molar-refractivity contribution in [1.82, 2.24) is 0 Å². The van der Waals surface area contributed by atoms with Gasteiger partial charge in [0.15, 0.2) is 31.1 Å². The number of carbonyl (C=O) groups is 2. The number of aliphatic carboxylic acids is 1. The van der Waals surface area contributed by atoms with Crippen molar-refractivity contribution in [1.29, 1.82) is 0 Å².